The van der Waals surface area contributed by atoms with Crippen LogP contribution >= 0.6 is 23.4 Å². The van der Waals surface area contributed by atoms with E-state index in [1.807, 2.05) is 6.07 Å². The second-order valence-corrected chi connectivity index (χ2v) is 8.51. The van der Waals surface area contributed by atoms with Crippen LogP contribution < -0.4 is 10.2 Å². The van der Waals surface area contributed by atoms with Gasteiger partial charge in [-0.2, -0.15) is 11.8 Å². The summed E-state index contributed by atoms with van der Waals surface area (Å²) in [7, 11) is 0. The van der Waals surface area contributed by atoms with Crippen LogP contribution in [0, 0.1) is 0 Å². The summed E-state index contributed by atoms with van der Waals surface area (Å²) >= 11 is 8.62. The Morgan fingerprint density at radius 2 is 2.14 bits per heavy atom. The van der Waals surface area contributed by atoms with Crippen LogP contribution in [0.25, 0.3) is 0 Å². The minimum Gasteiger partial charge on any atom is -0.368 e. The second kappa shape index (κ2) is 7.26. The Kier molecular flexibility index (Phi) is 5.87. The molecule has 1 atom stereocenters. The minimum atomic E-state index is 0.114. The zero-order valence-electron chi connectivity index (χ0n) is 13.6. The number of rotatable bonds is 4. The third-order valence-electron chi connectivity index (χ3n) is 3.79. The maximum Gasteiger partial charge on any atom is 0.0642 e. The number of hydrogen-bond acceptors (Lipinski definition) is 3. The highest BCUT2D eigenvalue weighted by Crippen LogP contribution is 2.34. The molecule has 0 radical (unpaired) electrons. The molecular weight excluding hydrogens is 300 g/mol. The van der Waals surface area contributed by atoms with Crippen LogP contribution in [0.1, 0.15) is 39.7 Å². The van der Waals surface area contributed by atoms with E-state index in [4.69, 9.17) is 11.6 Å². The summed E-state index contributed by atoms with van der Waals surface area (Å²) in [6, 6.07) is 6.27. The van der Waals surface area contributed by atoms with Gasteiger partial charge in [0.15, 0.2) is 0 Å². The first-order valence-corrected chi connectivity index (χ1v) is 9.22. The van der Waals surface area contributed by atoms with E-state index in [-0.39, 0.29) is 5.54 Å². The van der Waals surface area contributed by atoms with Gasteiger partial charge in [-0.05, 0) is 38.8 Å². The van der Waals surface area contributed by atoms with Crippen molar-refractivity contribution in [2.24, 2.45) is 0 Å². The largest absolute Gasteiger partial charge is 0.368 e. The van der Waals surface area contributed by atoms with Gasteiger partial charge < -0.3 is 10.2 Å². The molecule has 0 bridgehead atoms. The minimum absolute atomic E-state index is 0.114. The van der Waals surface area contributed by atoms with Gasteiger partial charge in [-0.1, -0.05) is 30.7 Å². The van der Waals surface area contributed by atoms with Crippen molar-refractivity contribution in [3.63, 3.8) is 0 Å². The number of benzene rings is 1. The lowest BCUT2D eigenvalue weighted by Gasteiger charge is -2.36. The van der Waals surface area contributed by atoms with Gasteiger partial charge in [0.05, 0.1) is 10.7 Å². The van der Waals surface area contributed by atoms with Crippen LogP contribution in [0.3, 0.4) is 0 Å². The Hall–Kier alpha value is -0.380. The number of anilines is 1. The molecule has 118 valence electrons. The molecule has 1 aromatic rings. The lowest BCUT2D eigenvalue weighted by Crippen LogP contribution is -2.39. The Balaban J connectivity index is 2.21. The number of nitrogens with one attached hydrogen (secondary N) is 1. The first kappa shape index (κ1) is 17.0. The zero-order valence-corrected chi connectivity index (χ0v) is 15.2. The van der Waals surface area contributed by atoms with Gasteiger partial charge in [0.1, 0.15) is 0 Å². The van der Waals surface area contributed by atoms with E-state index in [9.17, 15) is 0 Å². The monoisotopic (exact) mass is 326 g/mol. The van der Waals surface area contributed by atoms with E-state index in [0.717, 1.165) is 29.9 Å². The molecule has 1 heterocycles. The molecule has 4 heteroatoms. The first-order chi connectivity index (χ1) is 9.90. The van der Waals surface area contributed by atoms with Gasteiger partial charge in [-0.25, -0.2) is 0 Å². The van der Waals surface area contributed by atoms with E-state index in [1.54, 1.807) is 0 Å². The Morgan fingerprint density at radius 1 is 1.38 bits per heavy atom. The van der Waals surface area contributed by atoms with Crippen molar-refractivity contribution in [2.75, 3.05) is 23.7 Å². The molecule has 1 fully saturated rings. The number of thioether (sulfide) groups is 1. The third kappa shape index (κ3) is 4.80. The summed E-state index contributed by atoms with van der Waals surface area (Å²) in [5.41, 5.74) is 2.65. The number of para-hydroxylation sites is 1. The molecule has 0 spiro atoms. The number of halogens is 1. The summed E-state index contributed by atoms with van der Waals surface area (Å²) in [5, 5.41) is 5.18. The first-order valence-electron chi connectivity index (χ1n) is 7.79. The molecular formula is C17H27ClN2S. The van der Waals surface area contributed by atoms with Crippen LogP contribution in [-0.2, 0) is 6.54 Å². The maximum absolute atomic E-state index is 6.53. The van der Waals surface area contributed by atoms with Crippen LogP contribution in [0.2, 0.25) is 5.02 Å². The molecule has 1 N–H and O–H groups in total. The summed E-state index contributed by atoms with van der Waals surface area (Å²) in [6.45, 7) is 11.9. The molecule has 2 nitrogen and oxygen atoms in total. The van der Waals surface area contributed by atoms with E-state index in [0.29, 0.717) is 0 Å². The standard InChI is InChI=1S/C17H27ClN2S/c1-5-14-12-20(9-10-21-14)16-13(7-6-8-15(16)18)11-19-17(2,3)4/h6-8,14,19H,5,9-12H2,1-4H3. The molecule has 1 aliphatic rings. The van der Waals surface area contributed by atoms with Crippen LogP contribution in [0.15, 0.2) is 18.2 Å². The average molecular weight is 327 g/mol. The number of hydrogen-bond donors (Lipinski definition) is 1. The van der Waals surface area contributed by atoms with E-state index < -0.39 is 0 Å². The smallest absolute Gasteiger partial charge is 0.0642 e. The molecule has 1 aliphatic heterocycles. The van der Waals surface area contributed by atoms with Crippen LogP contribution in [0.4, 0.5) is 5.69 Å². The lowest BCUT2D eigenvalue weighted by molar-refractivity contribution is 0.424. The maximum atomic E-state index is 6.53. The highest BCUT2D eigenvalue weighted by atomic mass is 35.5. The van der Waals surface area contributed by atoms with Crippen LogP contribution in [0.5, 0.6) is 0 Å². The van der Waals surface area contributed by atoms with Gasteiger partial charge in [-0.3, -0.25) is 0 Å². The predicted molar refractivity (Wildman–Crippen MR) is 96.8 cm³/mol. The van der Waals surface area contributed by atoms with E-state index >= 15 is 0 Å². The zero-order chi connectivity index (χ0) is 15.5. The number of nitrogens with zero attached hydrogens (tertiary/aromatic N) is 1. The average Bonchev–Trinajstić information content (AvgIpc) is 2.44. The second-order valence-electron chi connectivity index (χ2n) is 6.70. The van der Waals surface area contributed by atoms with Gasteiger partial charge in [0, 0.05) is 36.2 Å². The Labute approximate surface area is 138 Å². The molecule has 1 unspecified atom stereocenters. The highest BCUT2D eigenvalue weighted by molar-refractivity contribution is 8.00. The van der Waals surface area contributed by atoms with Gasteiger partial charge in [0.25, 0.3) is 0 Å². The summed E-state index contributed by atoms with van der Waals surface area (Å²) in [5.74, 6) is 1.19. The molecule has 0 aromatic heterocycles. The molecule has 2 rings (SSSR count). The molecule has 0 saturated carbocycles. The van der Waals surface area contributed by atoms with E-state index in [2.05, 4.69) is 61.8 Å². The molecule has 0 amide bonds. The van der Waals surface area contributed by atoms with Crippen molar-refractivity contribution in [2.45, 2.75) is 51.4 Å². The van der Waals surface area contributed by atoms with Gasteiger partial charge in [-0.15, -0.1) is 0 Å². The summed E-state index contributed by atoms with van der Waals surface area (Å²) in [6.07, 6.45) is 1.22. The quantitative estimate of drug-likeness (QED) is 0.873. The third-order valence-corrected chi connectivity index (χ3v) is 5.47. The van der Waals surface area contributed by atoms with Crippen molar-refractivity contribution in [1.82, 2.24) is 5.32 Å². The lowest BCUT2D eigenvalue weighted by atomic mass is 10.1. The molecule has 21 heavy (non-hydrogen) atoms. The fourth-order valence-electron chi connectivity index (χ4n) is 2.59. The highest BCUT2D eigenvalue weighted by Gasteiger charge is 2.23. The molecule has 1 saturated heterocycles. The van der Waals surface area contributed by atoms with Crippen molar-refractivity contribution < 1.29 is 0 Å². The van der Waals surface area contributed by atoms with Crippen LogP contribution in [-0.4, -0.2) is 29.6 Å². The topological polar surface area (TPSA) is 15.3 Å². The van der Waals surface area contributed by atoms with Crippen molar-refractivity contribution in [3.05, 3.63) is 28.8 Å². The van der Waals surface area contributed by atoms with E-state index in [1.165, 1.54) is 23.4 Å². The predicted octanol–water partition coefficient (Wildman–Crippen LogP) is 4.56. The van der Waals surface area contributed by atoms with Gasteiger partial charge in [0.2, 0.25) is 0 Å². The van der Waals surface area contributed by atoms with Crippen molar-refractivity contribution in [3.8, 4) is 0 Å². The molecule has 0 aliphatic carbocycles. The normalized spacial score (nSPS) is 19.9. The van der Waals surface area contributed by atoms with Gasteiger partial charge >= 0.3 is 0 Å². The fraction of sp³-hybridized carbons (Fsp3) is 0.647. The fourth-order valence-corrected chi connectivity index (χ4v) is 4.08. The summed E-state index contributed by atoms with van der Waals surface area (Å²) < 4.78 is 0. The van der Waals surface area contributed by atoms with Crippen molar-refractivity contribution in [1.29, 1.82) is 0 Å². The Bertz CT molecular complexity index is 470. The summed E-state index contributed by atoms with van der Waals surface area (Å²) in [4.78, 5) is 2.48. The SMILES string of the molecule is CCC1CN(c2c(Cl)cccc2CNC(C)(C)C)CCS1. The molecule has 1 aromatic carbocycles. The Morgan fingerprint density at radius 3 is 2.81 bits per heavy atom. The van der Waals surface area contributed by atoms with Crippen molar-refractivity contribution >= 4 is 29.1 Å².